The number of hydrogen-bond acceptors (Lipinski definition) is 3. The Hall–Kier alpha value is -1.13. The lowest BCUT2D eigenvalue weighted by Gasteiger charge is -2.25. The molecule has 4 heteroatoms. The van der Waals surface area contributed by atoms with E-state index in [1.807, 2.05) is 6.33 Å². The van der Waals surface area contributed by atoms with E-state index in [4.69, 9.17) is 5.73 Å². The van der Waals surface area contributed by atoms with E-state index in [0.29, 0.717) is 0 Å². The van der Waals surface area contributed by atoms with Gasteiger partial charge >= 0.3 is 0 Å². The van der Waals surface area contributed by atoms with Crippen LogP contribution in [0.4, 0.5) is 0 Å². The van der Waals surface area contributed by atoms with Crippen LogP contribution >= 0.6 is 11.3 Å². The Morgan fingerprint density at radius 2 is 2.22 bits per heavy atom. The van der Waals surface area contributed by atoms with Crippen LogP contribution in [0.5, 0.6) is 0 Å². The van der Waals surface area contributed by atoms with Crippen LogP contribution in [-0.2, 0) is 12.8 Å². The predicted molar refractivity (Wildman–Crippen MR) is 75.0 cm³/mol. The Morgan fingerprint density at radius 3 is 2.94 bits per heavy atom. The van der Waals surface area contributed by atoms with Gasteiger partial charge in [-0.1, -0.05) is 6.07 Å². The van der Waals surface area contributed by atoms with Crippen molar-refractivity contribution >= 4 is 11.3 Å². The van der Waals surface area contributed by atoms with Gasteiger partial charge in [0.2, 0.25) is 0 Å². The van der Waals surface area contributed by atoms with Crippen molar-refractivity contribution in [1.29, 1.82) is 0 Å². The summed E-state index contributed by atoms with van der Waals surface area (Å²) in [6.07, 6.45) is 6.80. The molecule has 0 saturated carbocycles. The highest BCUT2D eigenvalue weighted by atomic mass is 32.1. The first-order valence-electron chi connectivity index (χ1n) is 6.61. The van der Waals surface area contributed by atoms with Gasteiger partial charge in [0.05, 0.1) is 18.1 Å². The number of rotatable bonds is 3. The normalized spacial score (nSPS) is 18.3. The van der Waals surface area contributed by atoms with Gasteiger partial charge in [0.15, 0.2) is 0 Å². The molecule has 3 nitrogen and oxygen atoms in total. The maximum atomic E-state index is 6.21. The minimum atomic E-state index is 0.101. The van der Waals surface area contributed by atoms with Gasteiger partial charge in [0, 0.05) is 16.6 Å². The van der Waals surface area contributed by atoms with Gasteiger partial charge < -0.3 is 10.3 Å². The zero-order chi connectivity index (χ0) is 12.5. The molecule has 2 heterocycles. The number of nitrogens with zero attached hydrogens (tertiary/aromatic N) is 2. The molecule has 18 heavy (non-hydrogen) atoms. The predicted octanol–water partition coefficient (Wildman–Crippen LogP) is 2.76. The molecule has 0 fully saturated rings. The molecule has 2 N–H and O–H groups in total. The van der Waals surface area contributed by atoms with E-state index in [-0.39, 0.29) is 12.1 Å². The Morgan fingerprint density at radius 1 is 1.39 bits per heavy atom. The number of thiophene rings is 1. The molecular weight excluding hydrogens is 242 g/mol. The third kappa shape index (κ3) is 1.99. The first-order chi connectivity index (χ1) is 8.77. The van der Waals surface area contributed by atoms with Gasteiger partial charge in [-0.05, 0) is 44.1 Å². The van der Waals surface area contributed by atoms with Crippen LogP contribution in [0.1, 0.15) is 42.1 Å². The van der Waals surface area contributed by atoms with Crippen molar-refractivity contribution in [3.63, 3.8) is 0 Å². The first-order valence-corrected chi connectivity index (χ1v) is 7.49. The number of imidazole rings is 1. The quantitative estimate of drug-likeness (QED) is 0.923. The second-order valence-electron chi connectivity index (χ2n) is 5.07. The number of aryl methyl sites for hydroxylation is 1. The van der Waals surface area contributed by atoms with Crippen LogP contribution in [-0.4, -0.2) is 15.6 Å². The fourth-order valence-electron chi connectivity index (χ4n) is 2.84. The largest absolute Gasteiger partial charge is 0.326 e. The zero-order valence-corrected chi connectivity index (χ0v) is 11.5. The van der Waals surface area contributed by atoms with Crippen molar-refractivity contribution in [3.8, 4) is 0 Å². The van der Waals surface area contributed by atoms with Crippen molar-refractivity contribution in [2.45, 2.75) is 44.7 Å². The van der Waals surface area contributed by atoms with Gasteiger partial charge in [-0.15, -0.1) is 11.3 Å². The maximum absolute atomic E-state index is 6.21. The Bertz CT molecular complexity index is 513. The van der Waals surface area contributed by atoms with E-state index < -0.39 is 0 Å². The molecule has 2 aromatic rings. The summed E-state index contributed by atoms with van der Waals surface area (Å²) in [5.74, 6) is 0. The average Bonchev–Trinajstić information content (AvgIpc) is 3.00. The van der Waals surface area contributed by atoms with E-state index in [1.54, 1.807) is 11.3 Å². The van der Waals surface area contributed by atoms with E-state index in [2.05, 4.69) is 34.0 Å². The van der Waals surface area contributed by atoms with Crippen LogP contribution in [0.25, 0.3) is 0 Å². The van der Waals surface area contributed by atoms with Crippen LogP contribution in [0, 0.1) is 0 Å². The van der Waals surface area contributed by atoms with Crippen LogP contribution in [0.3, 0.4) is 0 Å². The molecule has 0 amide bonds. The lowest BCUT2D eigenvalue weighted by molar-refractivity contribution is 0.479. The fraction of sp³-hybridized carbons (Fsp3) is 0.500. The molecule has 3 rings (SSSR count). The average molecular weight is 261 g/mol. The standard InChI is InChI=1S/C14H19N3S/c1-10(15)14(13-7-4-8-18-13)17-9-16-11-5-2-3-6-12(11)17/h4,7-10,14H,2-3,5-6,15H2,1H3. The van der Waals surface area contributed by atoms with Crippen molar-refractivity contribution in [2.24, 2.45) is 5.73 Å². The highest BCUT2D eigenvalue weighted by Crippen LogP contribution is 2.30. The van der Waals surface area contributed by atoms with Gasteiger partial charge in [-0.2, -0.15) is 0 Å². The summed E-state index contributed by atoms with van der Waals surface area (Å²) >= 11 is 1.78. The summed E-state index contributed by atoms with van der Waals surface area (Å²) < 4.78 is 2.31. The summed E-state index contributed by atoms with van der Waals surface area (Å²) in [4.78, 5) is 5.91. The second kappa shape index (κ2) is 4.86. The molecule has 96 valence electrons. The van der Waals surface area contributed by atoms with Crippen molar-refractivity contribution < 1.29 is 0 Å². The molecular formula is C14H19N3S. The van der Waals surface area contributed by atoms with Gasteiger partial charge in [0.1, 0.15) is 0 Å². The topological polar surface area (TPSA) is 43.8 Å². The first kappa shape index (κ1) is 11.9. The van der Waals surface area contributed by atoms with E-state index in [9.17, 15) is 0 Å². The third-order valence-electron chi connectivity index (χ3n) is 3.69. The van der Waals surface area contributed by atoms with Gasteiger partial charge in [-0.3, -0.25) is 0 Å². The van der Waals surface area contributed by atoms with Gasteiger partial charge in [0.25, 0.3) is 0 Å². The Kier molecular flexibility index (Phi) is 3.22. The minimum Gasteiger partial charge on any atom is -0.326 e. The highest BCUT2D eigenvalue weighted by Gasteiger charge is 2.24. The number of aromatic nitrogens is 2. The smallest absolute Gasteiger partial charge is 0.0958 e. The molecule has 1 aliphatic rings. The highest BCUT2D eigenvalue weighted by molar-refractivity contribution is 7.10. The molecule has 0 spiro atoms. The summed E-state index contributed by atoms with van der Waals surface area (Å²) in [7, 11) is 0. The summed E-state index contributed by atoms with van der Waals surface area (Å²) in [6.45, 7) is 2.08. The molecule has 0 bridgehead atoms. The summed E-state index contributed by atoms with van der Waals surface area (Å²) in [6, 6.07) is 4.61. The Balaban J connectivity index is 2.03. The van der Waals surface area contributed by atoms with Crippen molar-refractivity contribution in [2.75, 3.05) is 0 Å². The minimum absolute atomic E-state index is 0.101. The number of fused-ring (bicyclic) bond motifs is 1. The molecule has 0 aromatic carbocycles. The molecule has 2 aromatic heterocycles. The lowest BCUT2D eigenvalue weighted by Crippen LogP contribution is -2.30. The van der Waals surface area contributed by atoms with Crippen molar-refractivity contribution in [3.05, 3.63) is 40.1 Å². The lowest BCUT2D eigenvalue weighted by atomic mass is 10.00. The molecule has 2 unspecified atom stereocenters. The monoisotopic (exact) mass is 261 g/mol. The number of nitrogens with two attached hydrogens (primary N) is 1. The SMILES string of the molecule is CC(N)C(c1cccs1)n1cnc2c1CCCC2. The van der Waals surface area contributed by atoms with Crippen LogP contribution < -0.4 is 5.73 Å². The zero-order valence-electron chi connectivity index (χ0n) is 10.7. The fourth-order valence-corrected chi connectivity index (χ4v) is 3.78. The van der Waals surface area contributed by atoms with E-state index >= 15 is 0 Å². The Labute approximate surface area is 112 Å². The number of hydrogen-bond donors (Lipinski definition) is 1. The maximum Gasteiger partial charge on any atom is 0.0958 e. The summed E-state index contributed by atoms with van der Waals surface area (Å²) in [5, 5.41) is 2.12. The molecule has 2 atom stereocenters. The van der Waals surface area contributed by atoms with Crippen LogP contribution in [0.2, 0.25) is 0 Å². The van der Waals surface area contributed by atoms with Crippen molar-refractivity contribution in [1.82, 2.24) is 9.55 Å². The molecule has 0 saturated heterocycles. The molecule has 0 radical (unpaired) electrons. The van der Waals surface area contributed by atoms with Gasteiger partial charge in [-0.25, -0.2) is 4.98 Å². The molecule has 0 aliphatic heterocycles. The van der Waals surface area contributed by atoms with E-state index in [1.165, 1.54) is 29.1 Å². The van der Waals surface area contributed by atoms with E-state index in [0.717, 1.165) is 12.8 Å². The second-order valence-corrected chi connectivity index (χ2v) is 6.05. The summed E-state index contributed by atoms with van der Waals surface area (Å²) in [5.41, 5.74) is 8.89. The third-order valence-corrected chi connectivity index (χ3v) is 4.64. The van der Waals surface area contributed by atoms with Crippen LogP contribution in [0.15, 0.2) is 23.8 Å². The molecule has 1 aliphatic carbocycles.